The van der Waals surface area contributed by atoms with Crippen molar-refractivity contribution < 1.29 is 5.48 Å². The predicted octanol–water partition coefficient (Wildman–Crippen LogP) is 13.9. The molecule has 0 amide bonds. The summed E-state index contributed by atoms with van der Waals surface area (Å²) in [6.45, 7) is 0. The van der Waals surface area contributed by atoms with Crippen molar-refractivity contribution in [3.63, 3.8) is 0 Å². The third kappa shape index (κ3) is 5.02. The van der Waals surface area contributed by atoms with Gasteiger partial charge in [-0.2, -0.15) is 0 Å². The van der Waals surface area contributed by atoms with Crippen LogP contribution in [0.4, 0.5) is 0 Å². The number of aromatic nitrogens is 2. The SMILES string of the molecule is [2H]c1c([2H])c([2H])c(-c2cc(-c3cccc4c3sc3ccccc34)nc(-c3ccccc3)n2)c(-c2ccc3c(c2)C(c2ccccc2)(c2ccccc2)c2ccccc2-3)c1[2H]. The summed E-state index contributed by atoms with van der Waals surface area (Å²) in [7, 11) is 0. The number of hydrogen-bond acceptors (Lipinski definition) is 3. The smallest absolute Gasteiger partial charge is 0.160 e. The molecule has 8 aromatic carbocycles. The van der Waals surface area contributed by atoms with Crippen LogP contribution in [0.5, 0.6) is 0 Å². The van der Waals surface area contributed by atoms with Crippen LogP contribution in [0, 0.1) is 0 Å². The molecule has 10 aromatic rings. The van der Waals surface area contributed by atoms with E-state index >= 15 is 0 Å². The Bertz CT molecular complexity index is 3270. The van der Waals surface area contributed by atoms with Gasteiger partial charge in [-0.1, -0.05) is 188 Å². The zero-order valence-corrected chi connectivity index (χ0v) is 30.9. The van der Waals surface area contributed by atoms with Gasteiger partial charge in [0, 0.05) is 36.9 Å². The molecule has 0 radical (unpaired) electrons. The fourth-order valence-electron chi connectivity index (χ4n) is 8.70. The number of benzene rings is 8. The van der Waals surface area contributed by atoms with E-state index in [0.29, 0.717) is 33.9 Å². The molecule has 0 saturated heterocycles. The fraction of sp³-hybridized carbons (Fsp3) is 0.0189. The molecule has 2 nitrogen and oxygen atoms in total. The van der Waals surface area contributed by atoms with Crippen LogP contribution in [0.1, 0.15) is 27.7 Å². The van der Waals surface area contributed by atoms with Gasteiger partial charge in [0.05, 0.1) is 22.3 Å². The molecule has 56 heavy (non-hydrogen) atoms. The fourth-order valence-corrected chi connectivity index (χ4v) is 9.92. The summed E-state index contributed by atoms with van der Waals surface area (Å²) in [5, 5.41) is 2.31. The first kappa shape index (κ1) is 28.5. The van der Waals surface area contributed by atoms with Crippen molar-refractivity contribution in [2.75, 3.05) is 0 Å². The standard InChI is InChI=1S/C53H34N2S/c1-4-17-35(18-5-1)52-54-48(34-49(55-52)45-28-16-27-44-43-26-13-15-30-50(43)56-51(44)45)42-25-11-10-23-39(42)36-31-32-41-40-24-12-14-29-46(40)53(47(41)33-36,37-19-6-2-7-20-37)38-21-8-3-9-22-38/h1-34H/i10D,11D,23D,25D. The maximum atomic E-state index is 9.59. The molecule has 3 heteroatoms. The van der Waals surface area contributed by atoms with Crippen molar-refractivity contribution in [2.45, 2.75) is 5.41 Å². The summed E-state index contributed by atoms with van der Waals surface area (Å²) in [5.74, 6) is 0.469. The molecule has 2 heterocycles. The molecule has 0 aliphatic heterocycles. The van der Waals surface area contributed by atoms with Crippen LogP contribution >= 0.6 is 11.3 Å². The summed E-state index contributed by atoms with van der Waals surface area (Å²) in [6, 6.07) is 61.3. The highest BCUT2D eigenvalue weighted by atomic mass is 32.1. The van der Waals surface area contributed by atoms with E-state index in [2.05, 4.69) is 127 Å². The zero-order valence-electron chi connectivity index (χ0n) is 34.1. The molecule has 1 aliphatic carbocycles. The van der Waals surface area contributed by atoms with E-state index in [-0.39, 0.29) is 24.2 Å². The van der Waals surface area contributed by atoms with Gasteiger partial charge < -0.3 is 0 Å². The average molecular weight is 735 g/mol. The largest absolute Gasteiger partial charge is 0.228 e. The predicted molar refractivity (Wildman–Crippen MR) is 234 cm³/mol. The van der Waals surface area contributed by atoms with Crippen LogP contribution < -0.4 is 0 Å². The Morgan fingerprint density at radius 2 is 1.02 bits per heavy atom. The summed E-state index contributed by atoms with van der Waals surface area (Å²) in [5.41, 5.74) is 10.2. The van der Waals surface area contributed by atoms with Crippen molar-refractivity contribution in [3.8, 4) is 56.2 Å². The van der Waals surface area contributed by atoms with Gasteiger partial charge in [-0.05, 0) is 62.7 Å². The first-order chi connectivity index (χ1) is 29.4. The highest BCUT2D eigenvalue weighted by Gasteiger charge is 2.46. The highest BCUT2D eigenvalue weighted by molar-refractivity contribution is 7.26. The number of hydrogen-bond donors (Lipinski definition) is 0. The first-order valence-electron chi connectivity index (χ1n) is 20.7. The minimum atomic E-state index is -0.693. The number of rotatable bonds is 6. The Morgan fingerprint density at radius 3 is 1.79 bits per heavy atom. The second kappa shape index (κ2) is 13.1. The normalized spacial score (nSPS) is 13.8. The van der Waals surface area contributed by atoms with Crippen molar-refractivity contribution in [2.24, 2.45) is 0 Å². The van der Waals surface area contributed by atoms with Crippen molar-refractivity contribution in [1.29, 1.82) is 0 Å². The molecule has 0 bridgehead atoms. The van der Waals surface area contributed by atoms with Crippen LogP contribution in [0.2, 0.25) is 0 Å². The molecular weight excluding hydrogens is 697 g/mol. The summed E-state index contributed by atoms with van der Waals surface area (Å²) in [6.07, 6.45) is 0. The number of fused-ring (bicyclic) bond motifs is 6. The Labute approximate surface area is 335 Å². The van der Waals surface area contributed by atoms with E-state index in [4.69, 9.17) is 12.7 Å². The first-order valence-corrected chi connectivity index (χ1v) is 19.6. The van der Waals surface area contributed by atoms with Gasteiger partial charge in [-0.25, -0.2) is 9.97 Å². The molecule has 262 valence electrons. The van der Waals surface area contributed by atoms with E-state index in [0.717, 1.165) is 54.6 Å². The van der Waals surface area contributed by atoms with Crippen molar-refractivity contribution in [1.82, 2.24) is 9.97 Å². The molecule has 0 spiro atoms. The van der Waals surface area contributed by atoms with Gasteiger partial charge in [0.2, 0.25) is 0 Å². The van der Waals surface area contributed by atoms with Gasteiger partial charge >= 0.3 is 0 Å². The minimum Gasteiger partial charge on any atom is -0.228 e. The quantitative estimate of drug-likeness (QED) is 0.170. The van der Waals surface area contributed by atoms with Gasteiger partial charge in [0.25, 0.3) is 0 Å². The lowest BCUT2D eigenvalue weighted by atomic mass is 9.67. The van der Waals surface area contributed by atoms with E-state index in [1.54, 1.807) is 11.3 Å². The van der Waals surface area contributed by atoms with E-state index < -0.39 is 5.41 Å². The van der Waals surface area contributed by atoms with E-state index in [9.17, 15) is 2.74 Å². The molecule has 0 unspecified atom stereocenters. The number of thiophene rings is 1. The van der Waals surface area contributed by atoms with Gasteiger partial charge in [0.1, 0.15) is 0 Å². The van der Waals surface area contributed by atoms with Gasteiger partial charge in [-0.3, -0.25) is 0 Å². The minimum absolute atomic E-state index is 0.125. The van der Waals surface area contributed by atoms with Gasteiger partial charge in [0.15, 0.2) is 5.82 Å². The van der Waals surface area contributed by atoms with Crippen LogP contribution in [0.3, 0.4) is 0 Å². The summed E-state index contributed by atoms with van der Waals surface area (Å²) >= 11 is 1.72. The Hall–Kier alpha value is -6.94. The zero-order chi connectivity index (χ0) is 40.5. The Morgan fingerprint density at radius 1 is 0.429 bits per heavy atom. The lowest BCUT2D eigenvalue weighted by molar-refractivity contribution is 0.769. The topological polar surface area (TPSA) is 25.8 Å². The molecule has 2 aromatic heterocycles. The van der Waals surface area contributed by atoms with Crippen LogP contribution in [-0.2, 0) is 5.41 Å². The molecule has 0 atom stereocenters. The molecule has 0 N–H and O–H groups in total. The lowest BCUT2D eigenvalue weighted by Crippen LogP contribution is -2.28. The van der Waals surface area contributed by atoms with Gasteiger partial charge in [-0.15, -0.1) is 11.3 Å². The molecule has 1 aliphatic rings. The van der Waals surface area contributed by atoms with E-state index in [1.807, 2.05) is 54.6 Å². The third-order valence-electron chi connectivity index (χ3n) is 11.1. The van der Waals surface area contributed by atoms with Crippen molar-refractivity contribution >= 4 is 31.5 Å². The van der Waals surface area contributed by atoms with Crippen LogP contribution in [0.15, 0.2) is 206 Å². The number of nitrogens with zero attached hydrogens (tertiary/aromatic N) is 2. The second-order valence-electron chi connectivity index (χ2n) is 14.1. The van der Waals surface area contributed by atoms with Crippen LogP contribution in [0.25, 0.3) is 76.3 Å². The summed E-state index contributed by atoms with van der Waals surface area (Å²) < 4.78 is 39.4. The maximum absolute atomic E-state index is 9.59. The molecule has 0 fully saturated rings. The van der Waals surface area contributed by atoms with E-state index in [1.165, 1.54) is 10.1 Å². The second-order valence-corrected chi connectivity index (χ2v) is 15.2. The summed E-state index contributed by atoms with van der Waals surface area (Å²) in [4.78, 5) is 10.3. The average Bonchev–Trinajstić information content (AvgIpc) is 3.84. The third-order valence-corrected chi connectivity index (χ3v) is 12.3. The Balaban J connectivity index is 1.20. The highest BCUT2D eigenvalue weighted by Crippen LogP contribution is 2.57. The Kier molecular flexibility index (Phi) is 6.68. The lowest BCUT2D eigenvalue weighted by Gasteiger charge is -2.34. The molecule has 0 saturated carbocycles. The molecule has 11 rings (SSSR count). The van der Waals surface area contributed by atoms with Crippen molar-refractivity contribution in [3.05, 3.63) is 228 Å². The molecular formula is C53H34N2S. The monoisotopic (exact) mass is 734 g/mol. The van der Waals surface area contributed by atoms with Crippen LogP contribution in [-0.4, -0.2) is 9.97 Å². The maximum Gasteiger partial charge on any atom is 0.160 e.